The van der Waals surface area contributed by atoms with Crippen molar-refractivity contribution in [2.24, 2.45) is 5.92 Å². The van der Waals surface area contributed by atoms with Gasteiger partial charge in [-0.3, -0.25) is 19.7 Å². The van der Waals surface area contributed by atoms with Crippen LogP contribution in [0.3, 0.4) is 0 Å². The fraction of sp³-hybridized carbons (Fsp3) is 0.321. The summed E-state index contributed by atoms with van der Waals surface area (Å²) in [6, 6.07) is 9.55. The van der Waals surface area contributed by atoms with Crippen molar-refractivity contribution in [3.8, 4) is 11.1 Å². The van der Waals surface area contributed by atoms with Crippen molar-refractivity contribution in [3.05, 3.63) is 60.2 Å². The minimum atomic E-state index is -0.323. The van der Waals surface area contributed by atoms with Crippen LogP contribution < -0.4 is 16.0 Å². The molecule has 6 rings (SSSR count). The van der Waals surface area contributed by atoms with Gasteiger partial charge < -0.3 is 25.8 Å². The van der Waals surface area contributed by atoms with Crippen molar-refractivity contribution in [2.45, 2.75) is 19.0 Å². The lowest BCUT2D eigenvalue weighted by atomic mass is 9.96. The predicted octanol–water partition coefficient (Wildman–Crippen LogP) is 3.54. The SMILES string of the molecule is CN1CCC(C(=O)Nc2cncc(-c3cnc4n[nH]c(C5Nc6cccc(C(=O)N(C)C)c6N5)c4c3)c2)CC1. The molecule has 0 aliphatic carbocycles. The van der Waals surface area contributed by atoms with Gasteiger partial charge in [-0.15, -0.1) is 0 Å². The number of hydrogen-bond acceptors (Lipinski definition) is 8. The highest BCUT2D eigenvalue weighted by atomic mass is 16.2. The maximum Gasteiger partial charge on any atom is 0.255 e. The molecule has 0 spiro atoms. The van der Waals surface area contributed by atoms with Crippen molar-refractivity contribution < 1.29 is 9.59 Å². The van der Waals surface area contributed by atoms with E-state index in [0.717, 1.165) is 59.5 Å². The number of para-hydroxylation sites is 1. The van der Waals surface area contributed by atoms with Crippen molar-refractivity contribution in [1.29, 1.82) is 0 Å². The number of pyridine rings is 2. The topological polar surface area (TPSA) is 131 Å². The summed E-state index contributed by atoms with van der Waals surface area (Å²) in [6.07, 6.45) is 6.58. The zero-order chi connectivity index (χ0) is 27.1. The zero-order valence-corrected chi connectivity index (χ0v) is 22.2. The summed E-state index contributed by atoms with van der Waals surface area (Å²) in [7, 11) is 5.56. The van der Waals surface area contributed by atoms with Crippen molar-refractivity contribution in [1.82, 2.24) is 30.0 Å². The first kappa shape index (κ1) is 24.8. The first-order valence-electron chi connectivity index (χ1n) is 13.0. The molecule has 0 saturated carbocycles. The van der Waals surface area contributed by atoms with Crippen LogP contribution in [0.5, 0.6) is 0 Å². The normalized spacial score (nSPS) is 17.4. The number of aromatic nitrogens is 4. The number of benzene rings is 1. The molecule has 4 N–H and O–H groups in total. The fourth-order valence-electron chi connectivity index (χ4n) is 5.20. The van der Waals surface area contributed by atoms with Gasteiger partial charge in [0.05, 0.1) is 34.5 Å². The van der Waals surface area contributed by atoms with Gasteiger partial charge >= 0.3 is 0 Å². The molecule has 2 aliphatic heterocycles. The summed E-state index contributed by atoms with van der Waals surface area (Å²) in [5.74, 6) is -0.0197. The molecular formula is C28H31N9O2. The number of likely N-dealkylation sites (tertiary alicyclic amines) is 1. The first-order chi connectivity index (χ1) is 18.9. The summed E-state index contributed by atoms with van der Waals surface area (Å²) in [5.41, 5.74) is 5.94. The molecule has 39 heavy (non-hydrogen) atoms. The van der Waals surface area contributed by atoms with Crippen LogP contribution in [0.2, 0.25) is 0 Å². The van der Waals surface area contributed by atoms with Gasteiger partial charge in [-0.25, -0.2) is 4.98 Å². The van der Waals surface area contributed by atoms with Gasteiger partial charge in [-0.1, -0.05) is 6.07 Å². The van der Waals surface area contributed by atoms with Crippen LogP contribution in [-0.2, 0) is 4.79 Å². The maximum absolute atomic E-state index is 12.8. The minimum absolute atomic E-state index is 0.0143. The Kier molecular flexibility index (Phi) is 6.35. The third-order valence-corrected chi connectivity index (χ3v) is 7.45. The van der Waals surface area contributed by atoms with E-state index in [1.807, 2.05) is 30.3 Å². The van der Waals surface area contributed by atoms with Crippen LogP contribution >= 0.6 is 0 Å². The Balaban J connectivity index is 1.25. The Hall–Kier alpha value is -4.51. The average molecular weight is 526 g/mol. The van der Waals surface area contributed by atoms with E-state index in [9.17, 15) is 9.59 Å². The molecule has 1 fully saturated rings. The summed E-state index contributed by atoms with van der Waals surface area (Å²) < 4.78 is 0. The number of anilines is 3. The van der Waals surface area contributed by atoms with Gasteiger partial charge in [-0.05, 0) is 57.2 Å². The van der Waals surface area contributed by atoms with Gasteiger partial charge in [0.25, 0.3) is 5.91 Å². The zero-order valence-electron chi connectivity index (χ0n) is 22.2. The monoisotopic (exact) mass is 525 g/mol. The van der Waals surface area contributed by atoms with Crippen LogP contribution in [0.25, 0.3) is 22.2 Å². The number of nitrogens with zero attached hydrogens (tertiary/aromatic N) is 5. The van der Waals surface area contributed by atoms with E-state index in [0.29, 0.717) is 16.9 Å². The van der Waals surface area contributed by atoms with Crippen LogP contribution in [0.15, 0.2) is 48.9 Å². The molecule has 5 heterocycles. The third kappa shape index (κ3) is 4.76. The molecule has 200 valence electrons. The molecule has 0 bridgehead atoms. The number of aromatic amines is 1. The molecule has 11 nitrogen and oxygen atoms in total. The lowest BCUT2D eigenvalue weighted by Gasteiger charge is -2.28. The molecule has 1 unspecified atom stereocenters. The molecule has 1 saturated heterocycles. The largest absolute Gasteiger partial charge is 0.359 e. The summed E-state index contributed by atoms with van der Waals surface area (Å²) >= 11 is 0. The van der Waals surface area contributed by atoms with Gasteiger partial charge in [-0.2, -0.15) is 5.10 Å². The molecule has 2 aliphatic rings. The van der Waals surface area contributed by atoms with Gasteiger partial charge in [0.1, 0.15) is 6.17 Å². The second kappa shape index (κ2) is 9.99. The smallest absolute Gasteiger partial charge is 0.255 e. The molecule has 4 aromatic rings. The van der Waals surface area contributed by atoms with Crippen LogP contribution in [0, 0.1) is 5.92 Å². The summed E-state index contributed by atoms with van der Waals surface area (Å²) in [6.45, 7) is 1.86. The van der Waals surface area contributed by atoms with Crippen molar-refractivity contribution in [2.75, 3.05) is 50.2 Å². The molecule has 1 aromatic carbocycles. The van der Waals surface area contributed by atoms with Gasteiger partial charge in [0.2, 0.25) is 5.91 Å². The lowest BCUT2D eigenvalue weighted by Crippen LogP contribution is -2.35. The van der Waals surface area contributed by atoms with Crippen LogP contribution in [0.1, 0.15) is 35.1 Å². The predicted molar refractivity (Wildman–Crippen MR) is 150 cm³/mol. The number of rotatable bonds is 5. The lowest BCUT2D eigenvalue weighted by molar-refractivity contribution is -0.121. The summed E-state index contributed by atoms with van der Waals surface area (Å²) in [5, 5.41) is 18.3. The Labute approximate surface area is 226 Å². The molecule has 11 heteroatoms. The first-order valence-corrected chi connectivity index (χ1v) is 13.0. The van der Waals surface area contributed by atoms with Crippen LogP contribution in [0.4, 0.5) is 17.1 Å². The van der Waals surface area contributed by atoms with E-state index in [1.165, 1.54) is 0 Å². The van der Waals surface area contributed by atoms with Gasteiger partial charge in [0.15, 0.2) is 5.65 Å². The third-order valence-electron chi connectivity index (χ3n) is 7.45. The highest BCUT2D eigenvalue weighted by Gasteiger charge is 2.29. The second-order valence-electron chi connectivity index (χ2n) is 10.4. The number of carbonyl (C=O) groups excluding carboxylic acids is 2. The van der Waals surface area contributed by atoms with Crippen LogP contribution in [-0.4, -0.2) is 76.0 Å². The minimum Gasteiger partial charge on any atom is -0.359 e. The van der Waals surface area contributed by atoms with E-state index in [2.05, 4.69) is 48.1 Å². The number of amides is 2. The van der Waals surface area contributed by atoms with E-state index in [1.54, 1.807) is 37.6 Å². The van der Waals surface area contributed by atoms with E-state index < -0.39 is 0 Å². The second-order valence-corrected chi connectivity index (χ2v) is 10.4. The number of hydrogen-bond donors (Lipinski definition) is 4. The van der Waals surface area contributed by atoms with E-state index >= 15 is 0 Å². The molecule has 0 radical (unpaired) electrons. The molecular weight excluding hydrogens is 494 g/mol. The Bertz CT molecular complexity index is 1560. The van der Waals surface area contributed by atoms with Crippen molar-refractivity contribution >= 4 is 39.9 Å². The standard InChI is InChI=1S/C28H31N9O2/c1-36(2)28(39)20-5-4-6-22-23(20)33-26(32-22)24-21-12-18(14-30-25(21)35-34-24)17-11-19(15-29-13-17)31-27(38)16-7-9-37(3)10-8-16/h4-6,11-16,26,32-33H,7-10H2,1-3H3,(H,31,38)(H,30,34,35). The quantitative estimate of drug-likeness (QED) is 0.311. The Morgan fingerprint density at radius 2 is 1.85 bits per heavy atom. The Morgan fingerprint density at radius 1 is 1.05 bits per heavy atom. The highest BCUT2D eigenvalue weighted by molar-refractivity contribution is 6.03. The molecule has 3 aromatic heterocycles. The average Bonchev–Trinajstić information content (AvgIpc) is 3.56. The fourth-order valence-corrected chi connectivity index (χ4v) is 5.20. The maximum atomic E-state index is 12.8. The highest BCUT2D eigenvalue weighted by Crippen LogP contribution is 2.39. The van der Waals surface area contributed by atoms with E-state index in [-0.39, 0.29) is 23.9 Å². The van der Waals surface area contributed by atoms with Crippen molar-refractivity contribution in [3.63, 3.8) is 0 Å². The number of nitrogens with one attached hydrogen (secondary N) is 4. The van der Waals surface area contributed by atoms with Gasteiger partial charge in [0, 0.05) is 48.9 Å². The number of fused-ring (bicyclic) bond motifs is 2. The number of carbonyl (C=O) groups is 2. The number of H-pyrrole nitrogens is 1. The summed E-state index contributed by atoms with van der Waals surface area (Å²) in [4.78, 5) is 38.3. The number of piperidine rings is 1. The molecule has 2 amide bonds. The van der Waals surface area contributed by atoms with E-state index in [4.69, 9.17) is 0 Å². The molecule has 1 atom stereocenters. The Morgan fingerprint density at radius 3 is 2.64 bits per heavy atom.